The van der Waals surface area contributed by atoms with E-state index in [1.807, 2.05) is 0 Å². The quantitative estimate of drug-likeness (QED) is 0.677. The largest absolute Gasteiger partial charge is 0.461 e. The topological polar surface area (TPSA) is 38.3 Å². The SMILES string of the molecule is CCC[C@H]1CC[C@@H](OC(C)=O)CN1. The van der Waals surface area contributed by atoms with Gasteiger partial charge in [-0.15, -0.1) is 0 Å². The lowest BCUT2D eigenvalue weighted by Gasteiger charge is -2.29. The molecule has 0 unspecified atom stereocenters. The second-order valence-electron chi connectivity index (χ2n) is 3.70. The van der Waals surface area contributed by atoms with Crippen molar-refractivity contribution in [2.45, 2.75) is 51.7 Å². The maximum Gasteiger partial charge on any atom is 0.302 e. The minimum atomic E-state index is -0.166. The second kappa shape index (κ2) is 5.22. The van der Waals surface area contributed by atoms with Crippen molar-refractivity contribution in [2.75, 3.05) is 6.54 Å². The lowest BCUT2D eigenvalue weighted by Crippen LogP contribution is -2.43. The molecule has 0 bridgehead atoms. The van der Waals surface area contributed by atoms with Gasteiger partial charge in [-0.3, -0.25) is 4.79 Å². The van der Waals surface area contributed by atoms with Crippen LogP contribution in [0.3, 0.4) is 0 Å². The number of carbonyl (C=O) groups excluding carboxylic acids is 1. The molecular weight excluding hydrogens is 166 g/mol. The van der Waals surface area contributed by atoms with Gasteiger partial charge in [-0.05, 0) is 19.3 Å². The number of ether oxygens (including phenoxy) is 1. The molecule has 0 amide bonds. The summed E-state index contributed by atoms with van der Waals surface area (Å²) < 4.78 is 5.12. The summed E-state index contributed by atoms with van der Waals surface area (Å²) in [7, 11) is 0. The van der Waals surface area contributed by atoms with Gasteiger partial charge in [-0.2, -0.15) is 0 Å². The maximum atomic E-state index is 10.7. The van der Waals surface area contributed by atoms with Crippen LogP contribution in [-0.4, -0.2) is 24.7 Å². The zero-order valence-electron chi connectivity index (χ0n) is 8.51. The highest BCUT2D eigenvalue weighted by Gasteiger charge is 2.21. The van der Waals surface area contributed by atoms with Crippen LogP contribution in [0.1, 0.15) is 39.5 Å². The molecule has 1 N–H and O–H groups in total. The van der Waals surface area contributed by atoms with Crippen molar-refractivity contribution in [1.29, 1.82) is 0 Å². The van der Waals surface area contributed by atoms with E-state index in [0.29, 0.717) is 6.04 Å². The van der Waals surface area contributed by atoms with E-state index in [1.165, 1.54) is 19.8 Å². The molecule has 1 rings (SSSR count). The van der Waals surface area contributed by atoms with Crippen molar-refractivity contribution < 1.29 is 9.53 Å². The van der Waals surface area contributed by atoms with E-state index in [1.54, 1.807) is 0 Å². The van der Waals surface area contributed by atoms with E-state index in [9.17, 15) is 4.79 Å². The van der Waals surface area contributed by atoms with Crippen LogP contribution in [0.15, 0.2) is 0 Å². The molecule has 0 saturated carbocycles. The summed E-state index contributed by atoms with van der Waals surface area (Å²) in [6, 6.07) is 0.636. The second-order valence-corrected chi connectivity index (χ2v) is 3.70. The van der Waals surface area contributed by atoms with Gasteiger partial charge in [0, 0.05) is 19.5 Å². The van der Waals surface area contributed by atoms with E-state index in [-0.39, 0.29) is 12.1 Å². The van der Waals surface area contributed by atoms with Crippen molar-refractivity contribution in [3.63, 3.8) is 0 Å². The van der Waals surface area contributed by atoms with Crippen molar-refractivity contribution in [3.8, 4) is 0 Å². The molecule has 13 heavy (non-hydrogen) atoms. The third kappa shape index (κ3) is 3.77. The summed E-state index contributed by atoms with van der Waals surface area (Å²) in [6.45, 7) is 4.49. The van der Waals surface area contributed by atoms with Gasteiger partial charge in [0.1, 0.15) is 6.10 Å². The average molecular weight is 185 g/mol. The molecule has 1 saturated heterocycles. The molecule has 0 aromatic heterocycles. The Morgan fingerprint density at radius 3 is 2.77 bits per heavy atom. The summed E-state index contributed by atoms with van der Waals surface area (Å²) in [5.74, 6) is -0.166. The third-order valence-electron chi connectivity index (χ3n) is 2.44. The van der Waals surface area contributed by atoms with Crippen LogP contribution < -0.4 is 5.32 Å². The lowest BCUT2D eigenvalue weighted by atomic mass is 9.99. The van der Waals surface area contributed by atoms with E-state index < -0.39 is 0 Å². The highest BCUT2D eigenvalue weighted by molar-refractivity contribution is 5.66. The van der Waals surface area contributed by atoms with E-state index in [0.717, 1.165) is 19.4 Å². The number of rotatable bonds is 3. The van der Waals surface area contributed by atoms with Crippen molar-refractivity contribution in [3.05, 3.63) is 0 Å². The molecule has 0 aromatic rings. The van der Waals surface area contributed by atoms with Gasteiger partial charge in [-0.1, -0.05) is 13.3 Å². The van der Waals surface area contributed by atoms with Crippen LogP contribution in [-0.2, 0) is 9.53 Å². The maximum absolute atomic E-state index is 10.7. The average Bonchev–Trinajstić information content (AvgIpc) is 2.08. The molecule has 1 fully saturated rings. The number of nitrogens with one attached hydrogen (secondary N) is 1. The number of hydrogen-bond donors (Lipinski definition) is 1. The van der Waals surface area contributed by atoms with Crippen molar-refractivity contribution in [1.82, 2.24) is 5.32 Å². The summed E-state index contributed by atoms with van der Waals surface area (Å²) in [6.07, 6.45) is 4.69. The fraction of sp³-hybridized carbons (Fsp3) is 0.900. The third-order valence-corrected chi connectivity index (χ3v) is 2.44. The van der Waals surface area contributed by atoms with Gasteiger partial charge < -0.3 is 10.1 Å². The number of piperidine rings is 1. The molecule has 0 aromatic carbocycles. The van der Waals surface area contributed by atoms with Crippen LogP contribution in [0.4, 0.5) is 0 Å². The first-order valence-electron chi connectivity index (χ1n) is 5.13. The molecular formula is C10H19NO2. The van der Waals surface area contributed by atoms with Gasteiger partial charge in [0.15, 0.2) is 0 Å². The highest BCUT2D eigenvalue weighted by atomic mass is 16.5. The lowest BCUT2D eigenvalue weighted by molar-refractivity contribution is -0.147. The summed E-state index contributed by atoms with van der Waals surface area (Å²) in [5.41, 5.74) is 0. The van der Waals surface area contributed by atoms with Crippen molar-refractivity contribution in [2.24, 2.45) is 0 Å². The molecule has 0 radical (unpaired) electrons. The zero-order valence-corrected chi connectivity index (χ0v) is 8.51. The van der Waals surface area contributed by atoms with Gasteiger partial charge in [0.05, 0.1) is 0 Å². The molecule has 3 nitrogen and oxygen atoms in total. The summed E-state index contributed by atoms with van der Waals surface area (Å²) >= 11 is 0. The number of esters is 1. The standard InChI is InChI=1S/C10H19NO2/c1-3-4-9-5-6-10(7-11-9)13-8(2)12/h9-11H,3-7H2,1-2H3/t9-,10+/m0/s1. The number of carbonyl (C=O) groups is 1. The Labute approximate surface area is 79.8 Å². The zero-order chi connectivity index (χ0) is 9.68. The Bertz CT molecular complexity index is 162. The van der Waals surface area contributed by atoms with E-state index in [2.05, 4.69) is 12.2 Å². The Hall–Kier alpha value is -0.570. The van der Waals surface area contributed by atoms with Crippen LogP contribution in [0.5, 0.6) is 0 Å². The Morgan fingerprint density at radius 2 is 2.31 bits per heavy atom. The molecule has 1 aliphatic rings. The molecule has 3 heteroatoms. The monoisotopic (exact) mass is 185 g/mol. The molecule has 2 atom stereocenters. The molecule has 1 heterocycles. The molecule has 1 aliphatic heterocycles. The summed E-state index contributed by atoms with van der Waals surface area (Å²) in [5, 5.41) is 3.40. The molecule has 0 spiro atoms. The first-order chi connectivity index (χ1) is 6.22. The number of hydrogen-bond acceptors (Lipinski definition) is 3. The van der Waals surface area contributed by atoms with Crippen LogP contribution in [0.25, 0.3) is 0 Å². The Kier molecular flexibility index (Phi) is 4.22. The predicted molar refractivity (Wildman–Crippen MR) is 51.5 cm³/mol. The molecule has 76 valence electrons. The van der Waals surface area contributed by atoms with Gasteiger partial charge >= 0.3 is 5.97 Å². The Balaban J connectivity index is 2.18. The normalized spacial score (nSPS) is 28.5. The van der Waals surface area contributed by atoms with E-state index >= 15 is 0 Å². The van der Waals surface area contributed by atoms with Gasteiger partial charge in [0.25, 0.3) is 0 Å². The fourth-order valence-corrected chi connectivity index (χ4v) is 1.82. The summed E-state index contributed by atoms with van der Waals surface area (Å²) in [4.78, 5) is 10.7. The van der Waals surface area contributed by atoms with Crippen LogP contribution in [0, 0.1) is 0 Å². The minimum Gasteiger partial charge on any atom is -0.461 e. The highest BCUT2D eigenvalue weighted by Crippen LogP contribution is 2.14. The minimum absolute atomic E-state index is 0.102. The fourth-order valence-electron chi connectivity index (χ4n) is 1.82. The van der Waals surface area contributed by atoms with E-state index in [4.69, 9.17) is 4.74 Å². The van der Waals surface area contributed by atoms with Crippen molar-refractivity contribution >= 4 is 5.97 Å². The predicted octanol–water partition coefficient (Wildman–Crippen LogP) is 1.47. The van der Waals surface area contributed by atoms with Gasteiger partial charge in [-0.25, -0.2) is 0 Å². The van der Waals surface area contributed by atoms with Crippen LogP contribution >= 0.6 is 0 Å². The van der Waals surface area contributed by atoms with Crippen LogP contribution in [0.2, 0.25) is 0 Å². The molecule has 0 aliphatic carbocycles. The van der Waals surface area contributed by atoms with Gasteiger partial charge in [0.2, 0.25) is 0 Å². The Morgan fingerprint density at radius 1 is 1.54 bits per heavy atom. The smallest absolute Gasteiger partial charge is 0.302 e. The first-order valence-corrected chi connectivity index (χ1v) is 5.13. The first kappa shape index (κ1) is 10.5.